The summed E-state index contributed by atoms with van der Waals surface area (Å²) in [6, 6.07) is 22.8. The topological polar surface area (TPSA) is 86.8 Å². The first-order valence-electron chi connectivity index (χ1n) is 11.7. The molecule has 0 saturated heterocycles. The zero-order valence-corrected chi connectivity index (χ0v) is 24.6. The van der Waals surface area contributed by atoms with Gasteiger partial charge in [0.1, 0.15) is 12.6 Å². The summed E-state index contributed by atoms with van der Waals surface area (Å²) in [4.78, 5) is 28.7. The normalized spacial score (nSPS) is 12.0. The van der Waals surface area contributed by atoms with E-state index in [0.29, 0.717) is 16.7 Å². The van der Waals surface area contributed by atoms with Crippen molar-refractivity contribution < 1.29 is 18.0 Å². The number of sulfonamides is 1. The molecule has 0 bridgehead atoms. The molecule has 1 atom stereocenters. The smallest absolute Gasteiger partial charge is 0.244 e. The highest BCUT2D eigenvalue weighted by molar-refractivity contribution is 9.10. The zero-order valence-electron chi connectivity index (χ0n) is 20.6. The number of rotatable bonds is 11. The van der Waals surface area contributed by atoms with Gasteiger partial charge in [0.2, 0.25) is 21.8 Å². The van der Waals surface area contributed by atoms with Gasteiger partial charge in [-0.15, -0.1) is 0 Å². The summed E-state index contributed by atoms with van der Waals surface area (Å²) < 4.78 is 28.1. The molecule has 2 amide bonds. The predicted molar refractivity (Wildman–Crippen MR) is 154 cm³/mol. The minimum Gasteiger partial charge on any atom is -0.355 e. The maximum atomic E-state index is 13.9. The Kier molecular flexibility index (Phi) is 10.3. The van der Waals surface area contributed by atoms with E-state index in [1.807, 2.05) is 61.5 Å². The van der Waals surface area contributed by atoms with Gasteiger partial charge in [-0.25, -0.2) is 8.42 Å². The van der Waals surface area contributed by atoms with Gasteiger partial charge in [-0.1, -0.05) is 80.4 Å². The molecule has 0 aliphatic rings. The maximum Gasteiger partial charge on any atom is 0.244 e. The largest absolute Gasteiger partial charge is 0.355 e. The number of nitrogens with zero attached hydrogens (tertiary/aromatic N) is 2. The van der Waals surface area contributed by atoms with Crippen LogP contribution in [0.2, 0.25) is 0 Å². The fourth-order valence-electron chi connectivity index (χ4n) is 3.92. The predicted octanol–water partition coefficient (Wildman–Crippen LogP) is 4.75. The number of carbonyl (C=O) groups excluding carboxylic acids is 2. The van der Waals surface area contributed by atoms with Crippen LogP contribution in [0.5, 0.6) is 0 Å². The van der Waals surface area contributed by atoms with E-state index in [0.717, 1.165) is 26.2 Å². The molecule has 0 spiro atoms. The molecule has 0 saturated carbocycles. The van der Waals surface area contributed by atoms with Crippen molar-refractivity contribution in [3.63, 3.8) is 0 Å². The van der Waals surface area contributed by atoms with Gasteiger partial charge in [-0.2, -0.15) is 0 Å². The van der Waals surface area contributed by atoms with Crippen LogP contribution in [0.1, 0.15) is 18.1 Å². The van der Waals surface area contributed by atoms with E-state index in [2.05, 4.69) is 37.2 Å². The summed E-state index contributed by atoms with van der Waals surface area (Å²) in [5, 5.41) is 2.84. The molecule has 3 rings (SSSR count). The first-order chi connectivity index (χ1) is 17.6. The van der Waals surface area contributed by atoms with Gasteiger partial charge in [0.15, 0.2) is 0 Å². The molecule has 0 aliphatic heterocycles. The third-order valence-electron chi connectivity index (χ3n) is 5.64. The third kappa shape index (κ3) is 8.41. The van der Waals surface area contributed by atoms with E-state index < -0.39 is 28.5 Å². The molecule has 0 heterocycles. The van der Waals surface area contributed by atoms with Gasteiger partial charge in [-0.05, 0) is 48.4 Å². The molecule has 37 heavy (non-hydrogen) atoms. The second-order valence-electron chi connectivity index (χ2n) is 8.50. The number of amides is 2. The lowest BCUT2D eigenvalue weighted by atomic mass is 10.0. The molecule has 0 aromatic heterocycles. The van der Waals surface area contributed by atoms with Crippen LogP contribution in [-0.4, -0.2) is 50.5 Å². The van der Waals surface area contributed by atoms with Gasteiger partial charge in [-0.3, -0.25) is 13.9 Å². The number of anilines is 1. The van der Waals surface area contributed by atoms with E-state index >= 15 is 0 Å². The van der Waals surface area contributed by atoms with Crippen LogP contribution in [-0.2, 0) is 32.6 Å². The van der Waals surface area contributed by atoms with Crippen LogP contribution >= 0.6 is 31.9 Å². The van der Waals surface area contributed by atoms with Crippen molar-refractivity contribution in [2.24, 2.45) is 0 Å². The molecule has 1 N–H and O–H groups in total. The fraction of sp³-hybridized carbons (Fsp3) is 0.259. The highest BCUT2D eigenvalue weighted by atomic mass is 79.9. The lowest BCUT2D eigenvalue weighted by Gasteiger charge is -2.33. The molecule has 10 heteroatoms. The molecule has 3 aromatic carbocycles. The van der Waals surface area contributed by atoms with E-state index in [1.54, 1.807) is 24.3 Å². The van der Waals surface area contributed by atoms with Crippen LogP contribution in [0.25, 0.3) is 0 Å². The van der Waals surface area contributed by atoms with E-state index in [4.69, 9.17) is 0 Å². The summed E-state index contributed by atoms with van der Waals surface area (Å²) in [5.41, 5.74) is 2.04. The van der Waals surface area contributed by atoms with Crippen molar-refractivity contribution in [2.75, 3.05) is 23.7 Å². The Bertz CT molecular complexity index is 1340. The highest BCUT2D eigenvalue weighted by Gasteiger charge is 2.32. The number of hydrogen-bond donors (Lipinski definition) is 1. The number of nitrogens with one attached hydrogen (secondary N) is 1. The van der Waals surface area contributed by atoms with Gasteiger partial charge in [0, 0.05) is 28.5 Å². The quantitative estimate of drug-likeness (QED) is 0.325. The monoisotopic (exact) mass is 649 g/mol. The number of halogens is 2. The second-order valence-corrected chi connectivity index (χ2v) is 12.2. The molecule has 0 radical (unpaired) electrons. The lowest BCUT2D eigenvalue weighted by Crippen LogP contribution is -2.53. The van der Waals surface area contributed by atoms with E-state index in [9.17, 15) is 18.0 Å². The Morgan fingerprint density at radius 2 is 1.51 bits per heavy atom. The van der Waals surface area contributed by atoms with Gasteiger partial charge in [0.05, 0.1) is 11.9 Å². The SMILES string of the molecule is CCNC(=O)C(Cc1ccccc1)N(Cc1cccc(Br)c1)C(=O)CN(c1cccc(Br)c1)S(C)(=O)=O. The Hall–Kier alpha value is -2.69. The van der Waals surface area contributed by atoms with Crippen molar-refractivity contribution in [1.29, 1.82) is 0 Å². The van der Waals surface area contributed by atoms with Gasteiger partial charge >= 0.3 is 0 Å². The molecule has 7 nitrogen and oxygen atoms in total. The first kappa shape index (κ1) is 28.9. The zero-order chi connectivity index (χ0) is 27.0. The Morgan fingerprint density at radius 1 is 0.892 bits per heavy atom. The minimum absolute atomic E-state index is 0.128. The van der Waals surface area contributed by atoms with Crippen LogP contribution in [0.4, 0.5) is 5.69 Å². The van der Waals surface area contributed by atoms with Crippen molar-refractivity contribution >= 4 is 59.4 Å². The number of benzene rings is 3. The fourth-order valence-corrected chi connectivity index (χ4v) is 5.60. The summed E-state index contributed by atoms with van der Waals surface area (Å²) in [6.45, 7) is 1.89. The average molecular weight is 651 g/mol. The van der Waals surface area contributed by atoms with Crippen molar-refractivity contribution in [3.8, 4) is 0 Å². The number of hydrogen-bond acceptors (Lipinski definition) is 4. The summed E-state index contributed by atoms with van der Waals surface area (Å²) in [7, 11) is -3.80. The average Bonchev–Trinajstić information content (AvgIpc) is 2.84. The third-order valence-corrected chi connectivity index (χ3v) is 7.77. The van der Waals surface area contributed by atoms with Crippen molar-refractivity contribution in [3.05, 3.63) is 98.9 Å². The molecular weight excluding hydrogens is 622 g/mol. The van der Waals surface area contributed by atoms with Gasteiger partial charge in [0.25, 0.3) is 0 Å². The standard InChI is InChI=1S/C27H29Br2N3O4S/c1-3-30-27(34)25(16-20-9-5-4-6-10-20)31(18-21-11-7-12-22(28)15-21)26(33)19-32(37(2,35)36)24-14-8-13-23(29)17-24/h4-15,17,25H,3,16,18-19H2,1-2H3,(H,30,34). The van der Waals surface area contributed by atoms with Crippen molar-refractivity contribution in [1.82, 2.24) is 10.2 Å². The molecule has 0 aliphatic carbocycles. The maximum absolute atomic E-state index is 13.9. The van der Waals surface area contributed by atoms with Crippen LogP contribution < -0.4 is 9.62 Å². The molecular formula is C27H29Br2N3O4S. The Morgan fingerprint density at radius 3 is 2.11 bits per heavy atom. The van der Waals surface area contributed by atoms with Crippen LogP contribution in [0.15, 0.2) is 87.8 Å². The molecule has 0 fully saturated rings. The summed E-state index contributed by atoms with van der Waals surface area (Å²) in [5.74, 6) is -0.791. The van der Waals surface area contributed by atoms with Crippen molar-refractivity contribution in [2.45, 2.75) is 25.9 Å². The van der Waals surface area contributed by atoms with E-state index in [-0.39, 0.29) is 18.9 Å². The van der Waals surface area contributed by atoms with Crippen LogP contribution in [0.3, 0.4) is 0 Å². The first-order valence-corrected chi connectivity index (χ1v) is 15.1. The summed E-state index contributed by atoms with van der Waals surface area (Å²) in [6.07, 6.45) is 1.34. The minimum atomic E-state index is -3.80. The van der Waals surface area contributed by atoms with Crippen LogP contribution in [0, 0.1) is 0 Å². The number of carbonyl (C=O) groups is 2. The second kappa shape index (κ2) is 13.2. The molecule has 3 aromatic rings. The lowest BCUT2D eigenvalue weighted by molar-refractivity contribution is -0.140. The Labute approximate surface area is 235 Å². The number of likely N-dealkylation sites (N-methyl/N-ethyl adjacent to an activating group) is 1. The Balaban J connectivity index is 2.04. The van der Waals surface area contributed by atoms with E-state index in [1.165, 1.54) is 4.90 Å². The molecule has 196 valence electrons. The van der Waals surface area contributed by atoms with Gasteiger partial charge < -0.3 is 10.2 Å². The molecule has 1 unspecified atom stereocenters. The highest BCUT2D eigenvalue weighted by Crippen LogP contribution is 2.24. The summed E-state index contributed by atoms with van der Waals surface area (Å²) >= 11 is 6.83.